The van der Waals surface area contributed by atoms with Crippen LogP contribution in [0.2, 0.25) is 0 Å². The standard InChI is InChI=1S/C12H21N3O4S/c1-9-8-10(14-19-9)13-11(16)6-7-15(12(2,3)4)20(5,17)18/h8H,6-7H2,1-5H3,(H,13,14,16). The third-order valence-electron chi connectivity index (χ3n) is 2.59. The van der Waals surface area contributed by atoms with E-state index in [1.54, 1.807) is 33.8 Å². The molecule has 0 aliphatic rings. The zero-order chi connectivity index (χ0) is 15.6. The zero-order valence-electron chi connectivity index (χ0n) is 12.4. The second-order valence-corrected chi connectivity index (χ2v) is 7.53. The van der Waals surface area contributed by atoms with Gasteiger partial charge in [0.05, 0.1) is 6.26 Å². The van der Waals surface area contributed by atoms with E-state index in [1.807, 2.05) is 0 Å². The Labute approximate surface area is 119 Å². The molecule has 0 saturated heterocycles. The van der Waals surface area contributed by atoms with Crippen LogP contribution in [-0.4, -0.2) is 42.1 Å². The molecule has 7 nitrogen and oxygen atoms in total. The molecule has 20 heavy (non-hydrogen) atoms. The van der Waals surface area contributed by atoms with E-state index < -0.39 is 15.6 Å². The highest BCUT2D eigenvalue weighted by atomic mass is 32.2. The average Bonchev–Trinajstić information content (AvgIpc) is 2.59. The van der Waals surface area contributed by atoms with E-state index in [2.05, 4.69) is 10.5 Å². The molecule has 0 fully saturated rings. The maximum atomic E-state index is 11.8. The van der Waals surface area contributed by atoms with E-state index in [0.717, 1.165) is 6.26 Å². The summed E-state index contributed by atoms with van der Waals surface area (Å²) in [6.07, 6.45) is 1.19. The lowest BCUT2D eigenvalue weighted by molar-refractivity contribution is -0.116. The van der Waals surface area contributed by atoms with Crippen LogP contribution in [0.5, 0.6) is 0 Å². The second-order valence-electron chi connectivity index (χ2n) is 5.63. The Morgan fingerprint density at radius 2 is 2.05 bits per heavy atom. The van der Waals surface area contributed by atoms with E-state index in [-0.39, 0.29) is 18.9 Å². The molecular weight excluding hydrogens is 282 g/mol. The summed E-state index contributed by atoms with van der Waals surface area (Å²) in [6, 6.07) is 1.59. The van der Waals surface area contributed by atoms with Crippen LogP contribution in [0, 0.1) is 6.92 Å². The van der Waals surface area contributed by atoms with E-state index in [9.17, 15) is 13.2 Å². The molecule has 0 aliphatic carbocycles. The van der Waals surface area contributed by atoms with Gasteiger partial charge in [-0.25, -0.2) is 8.42 Å². The Bertz CT molecular complexity index is 572. The van der Waals surface area contributed by atoms with Crippen molar-refractivity contribution < 1.29 is 17.7 Å². The van der Waals surface area contributed by atoms with Gasteiger partial charge in [0.1, 0.15) is 5.76 Å². The van der Waals surface area contributed by atoms with Crippen molar-refractivity contribution >= 4 is 21.7 Å². The van der Waals surface area contributed by atoms with E-state index in [1.165, 1.54) is 4.31 Å². The number of amides is 1. The normalized spacial score (nSPS) is 12.7. The van der Waals surface area contributed by atoms with Crippen molar-refractivity contribution in [3.63, 3.8) is 0 Å². The van der Waals surface area contributed by atoms with Gasteiger partial charge in [0.25, 0.3) is 0 Å². The number of carbonyl (C=O) groups is 1. The van der Waals surface area contributed by atoms with Gasteiger partial charge in [-0.3, -0.25) is 4.79 Å². The van der Waals surface area contributed by atoms with Crippen molar-refractivity contribution in [3.8, 4) is 0 Å². The molecule has 0 atom stereocenters. The van der Waals surface area contributed by atoms with Crippen molar-refractivity contribution in [3.05, 3.63) is 11.8 Å². The molecule has 0 aliphatic heterocycles. The Morgan fingerprint density at radius 1 is 1.45 bits per heavy atom. The highest BCUT2D eigenvalue weighted by molar-refractivity contribution is 7.88. The number of aryl methyl sites for hydroxylation is 1. The summed E-state index contributed by atoms with van der Waals surface area (Å²) in [4.78, 5) is 11.8. The van der Waals surface area contributed by atoms with Crippen molar-refractivity contribution in [2.24, 2.45) is 0 Å². The van der Waals surface area contributed by atoms with Crippen molar-refractivity contribution in [2.45, 2.75) is 39.7 Å². The molecule has 1 rings (SSSR count). The molecule has 1 aromatic heterocycles. The Hall–Kier alpha value is -1.41. The first kappa shape index (κ1) is 16.6. The fourth-order valence-corrected chi connectivity index (χ4v) is 3.25. The van der Waals surface area contributed by atoms with Crippen LogP contribution in [0.15, 0.2) is 10.6 Å². The largest absolute Gasteiger partial charge is 0.360 e. The van der Waals surface area contributed by atoms with Crippen LogP contribution in [0.25, 0.3) is 0 Å². The lowest BCUT2D eigenvalue weighted by Gasteiger charge is -2.33. The van der Waals surface area contributed by atoms with Crippen molar-refractivity contribution in [1.82, 2.24) is 9.46 Å². The third kappa shape index (κ3) is 4.93. The second kappa shape index (κ2) is 5.92. The molecule has 0 spiro atoms. The molecule has 0 saturated carbocycles. The molecule has 1 amide bonds. The predicted octanol–water partition coefficient (Wildman–Crippen LogP) is 1.37. The molecule has 0 radical (unpaired) electrons. The van der Waals surface area contributed by atoms with Crippen LogP contribution in [0.4, 0.5) is 5.82 Å². The molecule has 0 bridgehead atoms. The van der Waals surface area contributed by atoms with Crippen molar-refractivity contribution in [2.75, 3.05) is 18.1 Å². The van der Waals surface area contributed by atoms with Crippen LogP contribution in [0.1, 0.15) is 33.0 Å². The van der Waals surface area contributed by atoms with Gasteiger partial charge in [-0.2, -0.15) is 4.31 Å². The minimum atomic E-state index is -3.37. The highest BCUT2D eigenvalue weighted by Crippen LogP contribution is 2.17. The minimum Gasteiger partial charge on any atom is -0.360 e. The van der Waals surface area contributed by atoms with E-state index in [0.29, 0.717) is 11.6 Å². The Kier molecular flexibility index (Phi) is 4.93. The zero-order valence-corrected chi connectivity index (χ0v) is 13.2. The lowest BCUT2D eigenvalue weighted by Crippen LogP contribution is -2.46. The number of nitrogens with one attached hydrogen (secondary N) is 1. The number of hydrogen-bond acceptors (Lipinski definition) is 5. The number of carbonyl (C=O) groups excluding carboxylic acids is 1. The molecule has 114 valence electrons. The predicted molar refractivity (Wildman–Crippen MR) is 75.8 cm³/mol. The molecular formula is C12H21N3O4S. The van der Waals surface area contributed by atoms with Gasteiger partial charge in [-0.1, -0.05) is 5.16 Å². The van der Waals surface area contributed by atoms with Gasteiger partial charge in [-0.15, -0.1) is 0 Å². The summed E-state index contributed by atoms with van der Waals surface area (Å²) in [7, 11) is -3.37. The first-order chi connectivity index (χ1) is 9.00. The summed E-state index contributed by atoms with van der Waals surface area (Å²) in [5.74, 6) is 0.609. The number of anilines is 1. The maximum absolute atomic E-state index is 11.8. The Balaban J connectivity index is 2.62. The third-order valence-corrected chi connectivity index (χ3v) is 4.12. The lowest BCUT2D eigenvalue weighted by atomic mass is 10.1. The molecule has 0 unspecified atom stereocenters. The van der Waals surface area contributed by atoms with Crippen LogP contribution in [-0.2, 0) is 14.8 Å². The smallest absolute Gasteiger partial charge is 0.226 e. The van der Waals surface area contributed by atoms with Gasteiger partial charge < -0.3 is 9.84 Å². The summed E-state index contributed by atoms with van der Waals surface area (Å²) in [5.41, 5.74) is -0.571. The van der Waals surface area contributed by atoms with Gasteiger partial charge in [0, 0.05) is 24.6 Å². The fourth-order valence-electron chi connectivity index (χ4n) is 1.83. The molecule has 1 heterocycles. The monoisotopic (exact) mass is 303 g/mol. The summed E-state index contributed by atoms with van der Waals surface area (Å²) < 4.78 is 29.6. The Morgan fingerprint density at radius 3 is 2.45 bits per heavy atom. The van der Waals surface area contributed by atoms with Gasteiger partial charge in [0.2, 0.25) is 15.9 Å². The summed E-state index contributed by atoms with van der Waals surface area (Å²) in [5, 5.41) is 6.20. The highest BCUT2D eigenvalue weighted by Gasteiger charge is 2.29. The van der Waals surface area contributed by atoms with Gasteiger partial charge in [-0.05, 0) is 27.7 Å². The number of nitrogens with zero attached hydrogens (tertiary/aromatic N) is 2. The number of hydrogen-bond donors (Lipinski definition) is 1. The molecule has 0 aromatic carbocycles. The fraction of sp³-hybridized carbons (Fsp3) is 0.667. The average molecular weight is 303 g/mol. The molecule has 1 aromatic rings. The van der Waals surface area contributed by atoms with Crippen LogP contribution in [0.3, 0.4) is 0 Å². The maximum Gasteiger partial charge on any atom is 0.226 e. The molecule has 8 heteroatoms. The first-order valence-corrected chi connectivity index (χ1v) is 8.06. The van der Waals surface area contributed by atoms with E-state index in [4.69, 9.17) is 4.52 Å². The van der Waals surface area contributed by atoms with Gasteiger partial charge in [0.15, 0.2) is 5.82 Å². The topological polar surface area (TPSA) is 92.5 Å². The van der Waals surface area contributed by atoms with Gasteiger partial charge >= 0.3 is 0 Å². The SMILES string of the molecule is Cc1cc(NC(=O)CCN(C(C)(C)C)S(C)(=O)=O)no1. The number of sulfonamides is 1. The number of rotatable bonds is 5. The minimum absolute atomic E-state index is 0.0518. The summed E-state index contributed by atoms with van der Waals surface area (Å²) >= 11 is 0. The molecule has 1 N–H and O–H groups in total. The summed E-state index contributed by atoms with van der Waals surface area (Å²) in [6.45, 7) is 7.19. The quantitative estimate of drug-likeness (QED) is 0.887. The van der Waals surface area contributed by atoms with Crippen LogP contribution < -0.4 is 5.32 Å². The van der Waals surface area contributed by atoms with E-state index >= 15 is 0 Å². The number of aromatic nitrogens is 1. The van der Waals surface area contributed by atoms with Crippen LogP contribution >= 0.6 is 0 Å². The first-order valence-electron chi connectivity index (χ1n) is 6.21. The van der Waals surface area contributed by atoms with Crippen molar-refractivity contribution in [1.29, 1.82) is 0 Å².